The van der Waals surface area contributed by atoms with Gasteiger partial charge in [0.1, 0.15) is 11.4 Å². The van der Waals surface area contributed by atoms with Crippen molar-refractivity contribution in [2.45, 2.75) is 50.9 Å². The molecule has 1 aliphatic rings. The largest absolute Gasteiger partial charge is 0.433 e. The van der Waals surface area contributed by atoms with E-state index in [0.29, 0.717) is 11.4 Å². The zero-order valence-electron chi connectivity index (χ0n) is 16.3. The molecule has 0 radical (unpaired) electrons. The number of nitrogens with one attached hydrogen (secondary N) is 1. The van der Waals surface area contributed by atoms with Crippen molar-refractivity contribution >= 4 is 11.6 Å². The average molecular weight is 418 g/mol. The first-order valence-corrected chi connectivity index (χ1v) is 9.69. The molecule has 1 aliphatic carbocycles. The van der Waals surface area contributed by atoms with Crippen LogP contribution in [-0.2, 0) is 6.18 Å². The fourth-order valence-electron chi connectivity index (χ4n) is 3.68. The molecule has 4 rings (SSSR count). The second-order valence-corrected chi connectivity index (χ2v) is 7.48. The van der Waals surface area contributed by atoms with Crippen LogP contribution in [0.4, 0.5) is 24.8 Å². The van der Waals surface area contributed by atoms with Crippen molar-refractivity contribution in [3.8, 4) is 11.3 Å². The molecule has 3 aromatic rings. The number of hydrogen-bond donors (Lipinski definition) is 2. The van der Waals surface area contributed by atoms with Crippen LogP contribution in [0.2, 0.25) is 0 Å². The summed E-state index contributed by atoms with van der Waals surface area (Å²) < 4.78 is 40.4. The molecule has 0 amide bonds. The minimum absolute atomic E-state index is 0.0964. The fraction of sp³-hybridized carbons (Fsp3) is 0.400. The van der Waals surface area contributed by atoms with E-state index in [-0.39, 0.29) is 12.0 Å². The molecule has 1 fully saturated rings. The quantitative estimate of drug-likeness (QED) is 0.657. The van der Waals surface area contributed by atoms with Crippen LogP contribution < -0.4 is 5.32 Å². The van der Waals surface area contributed by atoms with Crippen LogP contribution in [0, 0.1) is 6.92 Å². The van der Waals surface area contributed by atoms with Gasteiger partial charge in [-0.15, -0.1) is 5.10 Å². The number of halogens is 3. The summed E-state index contributed by atoms with van der Waals surface area (Å²) >= 11 is 0. The van der Waals surface area contributed by atoms with Crippen molar-refractivity contribution in [3.63, 3.8) is 0 Å². The van der Waals surface area contributed by atoms with Gasteiger partial charge in [-0.2, -0.15) is 13.2 Å². The van der Waals surface area contributed by atoms with Crippen LogP contribution in [0.3, 0.4) is 0 Å². The normalized spacial score (nSPS) is 19.6. The van der Waals surface area contributed by atoms with Gasteiger partial charge in [0.2, 0.25) is 5.95 Å². The summed E-state index contributed by atoms with van der Waals surface area (Å²) in [6, 6.07) is 6.17. The topological polar surface area (TPSA) is 88.8 Å². The number of aliphatic hydroxyl groups excluding tert-OH is 1. The van der Waals surface area contributed by atoms with Crippen molar-refractivity contribution in [2.24, 2.45) is 0 Å². The SMILES string of the molecule is Cc1cc(Nc2nccc(C(F)(F)F)n2)cc(-c2cn(C3CCCCC3O)nn2)c1. The van der Waals surface area contributed by atoms with Crippen molar-refractivity contribution in [1.29, 1.82) is 0 Å². The lowest BCUT2D eigenvalue weighted by molar-refractivity contribution is -0.141. The molecule has 2 heterocycles. The summed E-state index contributed by atoms with van der Waals surface area (Å²) in [5.41, 5.74) is 1.78. The first-order chi connectivity index (χ1) is 14.3. The first kappa shape index (κ1) is 20.3. The molecule has 0 aliphatic heterocycles. The highest BCUT2D eigenvalue weighted by Crippen LogP contribution is 2.31. The maximum Gasteiger partial charge on any atom is 0.433 e. The molecule has 30 heavy (non-hydrogen) atoms. The number of aliphatic hydroxyl groups is 1. The predicted octanol–water partition coefficient (Wildman–Crippen LogP) is 4.28. The minimum Gasteiger partial charge on any atom is -0.391 e. The number of benzene rings is 1. The Morgan fingerprint density at radius 2 is 1.97 bits per heavy atom. The third-order valence-electron chi connectivity index (χ3n) is 5.12. The number of alkyl halides is 3. The van der Waals surface area contributed by atoms with Gasteiger partial charge >= 0.3 is 6.18 Å². The maximum atomic E-state index is 12.9. The van der Waals surface area contributed by atoms with E-state index in [1.807, 2.05) is 13.0 Å². The molecule has 0 bridgehead atoms. The number of anilines is 2. The van der Waals surface area contributed by atoms with Crippen LogP contribution in [0.1, 0.15) is 43.0 Å². The van der Waals surface area contributed by atoms with Crippen LogP contribution in [0.15, 0.2) is 36.7 Å². The average Bonchev–Trinajstić information content (AvgIpc) is 3.17. The summed E-state index contributed by atoms with van der Waals surface area (Å²) in [5.74, 6) is -0.143. The zero-order valence-corrected chi connectivity index (χ0v) is 16.3. The number of nitrogens with zero attached hydrogens (tertiary/aromatic N) is 5. The molecule has 7 nitrogen and oxygen atoms in total. The Morgan fingerprint density at radius 1 is 1.17 bits per heavy atom. The lowest BCUT2D eigenvalue weighted by atomic mass is 9.93. The van der Waals surface area contributed by atoms with E-state index < -0.39 is 18.0 Å². The van der Waals surface area contributed by atoms with E-state index in [1.165, 1.54) is 0 Å². The smallest absolute Gasteiger partial charge is 0.391 e. The van der Waals surface area contributed by atoms with Crippen LogP contribution in [-0.4, -0.2) is 36.2 Å². The van der Waals surface area contributed by atoms with Crippen molar-refractivity contribution in [3.05, 3.63) is 47.9 Å². The van der Waals surface area contributed by atoms with Gasteiger partial charge in [-0.25, -0.2) is 14.6 Å². The number of aryl methyl sites for hydroxylation is 1. The third kappa shape index (κ3) is 4.43. The standard InChI is InChI=1S/C20H21F3N6O/c1-12-8-13(15-11-29(28-27-15)16-4-2-3-5-17(16)30)10-14(9-12)25-19-24-7-6-18(26-19)20(21,22)23/h6-11,16-17,30H,2-5H2,1H3,(H,24,25,26). The van der Waals surface area contributed by atoms with Gasteiger partial charge in [0.05, 0.1) is 18.3 Å². The summed E-state index contributed by atoms with van der Waals surface area (Å²) in [7, 11) is 0. The lowest BCUT2D eigenvalue weighted by Crippen LogP contribution is -2.27. The number of rotatable bonds is 4. The Hall–Kier alpha value is -3.01. The summed E-state index contributed by atoms with van der Waals surface area (Å²) in [4.78, 5) is 7.41. The Labute approximate surface area is 171 Å². The van der Waals surface area contributed by atoms with Gasteiger partial charge in [0, 0.05) is 17.4 Å². The molecule has 10 heteroatoms. The van der Waals surface area contributed by atoms with Gasteiger partial charge < -0.3 is 10.4 Å². The van der Waals surface area contributed by atoms with Gasteiger partial charge in [-0.1, -0.05) is 18.1 Å². The molecule has 0 saturated heterocycles. The summed E-state index contributed by atoms with van der Waals surface area (Å²) in [5, 5.41) is 21.5. The van der Waals surface area contributed by atoms with E-state index >= 15 is 0 Å². The monoisotopic (exact) mass is 418 g/mol. The molecule has 1 saturated carbocycles. The molecule has 2 unspecified atom stereocenters. The van der Waals surface area contributed by atoms with Crippen LogP contribution in [0.25, 0.3) is 11.3 Å². The minimum atomic E-state index is -4.54. The van der Waals surface area contributed by atoms with Crippen molar-refractivity contribution in [1.82, 2.24) is 25.0 Å². The van der Waals surface area contributed by atoms with E-state index in [4.69, 9.17) is 0 Å². The maximum absolute atomic E-state index is 12.9. The van der Waals surface area contributed by atoms with Crippen LogP contribution >= 0.6 is 0 Å². The lowest BCUT2D eigenvalue weighted by Gasteiger charge is -2.27. The first-order valence-electron chi connectivity index (χ1n) is 9.69. The zero-order chi connectivity index (χ0) is 21.3. The van der Waals surface area contributed by atoms with Gasteiger partial charge in [-0.05, 0) is 49.6 Å². The Bertz CT molecular complexity index is 1040. The van der Waals surface area contributed by atoms with Gasteiger partial charge in [0.25, 0.3) is 0 Å². The van der Waals surface area contributed by atoms with Crippen molar-refractivity contribution in [2.75, 3.05) is 5.32 Å². The third-order valence-corrected chi connectivity index (χ3v) is 5.12. The molecule has 2 N–H and O–H groups in total. The highest BCUT2D eigenvalue weighted by atomic mass is 19.4. The van der Waals surface area contributed by atoms with Crippen molar-refractivity contribution < 1.29 is 18.3 Å². The second-order valence-electron chi connectivity index (χ2n) is 7.48. The Morgan fingerprint density at radius 3 is 2.73 bits per heavy atom. The molecule has 1 aromatic carbocycles. The van der Waals surface area contributed by atoms with E-state index in [9.17, 15) is 18.3 Å². The second kappa shape index (κ2) is 8.02. The van der Waals surface area contributed by atoms with Crippen LogP contribution in [0.5, 0.6) is 0 Å². The fourth-order valence-corrected chi connectivity index (χ4v) is 3.68. The Kier molecular flexibility index (Phi) is 5.42. The molecule has 2 atom stereocenters. The molecule has 0 spiro atoms. The van der Waals surface area contributed by atoms with E-state index in [1.54, 1.807) is 23.0 Å². The number of hydrogen-bond acceptors (Lipinski definition) is 6. The highest BCUT2D eigenvalue weighted by molar-refractivity contribution is 5.68. The van der Waals surface area contributed by atoms with Gasteiger partial charge in [0.15, 0.2) is 0 Å². The summed E-state index contributed by atoms with van der Waals surface area (Å²) in [6.07, 6.45) is 1.50. The summed E-state index contributed by atoms with van der Waals surface area (Å²) in [6.45, 7) is 1.87. The van der Waals surface area contributed by atoms with E-state index in [2.05, 4.69) is 25.6 Å². The molecular formula is C20H21F3N6O. The number of aromatic nitrogens is 5. The van der Waals surface area contributed by atoms with Gasteiger partial charge in [-0.3, -0.25) is 0 Å². The molecule has 2 aromatic heterocycles. The van der Waals surface area contributed by atoms with E-state index in [0.717, 1.165) is 49.1 Å². The highest BCUT2D eigenvalue weighted by Gasteiger charge is 2.32. The Balaban J connectivity index is 1.59. The molecule has 158 valence electrons. The predicted molar refractivity (Wildman–Crippen MR) is 104 cm³/mol. The molecular weight excluding hydrogens is 397 g/mol.